The van der Waals surface area contributed by atoms with Crippen molar-refractivity contribution >= 4 is 17.1 Å². The highest BCUT2D eigenvalue weighted by molar-refractivity contribution is 6.02. The van der Waals surface area contributed by atoms with Crippen molar-refractivity contribution < 1.29 is 13.6 Å². The van der Waals surface area contributed by atoms with E-state index in [1.807, 2.05) is 0 Å². The van der Waals surface area contributed by atoms with Crippen LogP contribution < -0.4 is 11.4 Å². The highest BCUT2D eigenvalue weighted by Gasteiger charge is 2.22. The maximum atomic E-state index is 13.6. The molecule has 0 spiro atoms. The van der Waals surface area contributed by atoms with Gasteiger partial charge in [0.2, 0.25) is 0 Å². The van der Waals surface area contributed by atoms with Gasteiger partial charge in [-0.1, -0.05) is 12.1 Å². The van der Waals surface area contributed by atoms with Crippen molar-refractivity contribution in [3.63, 3.8) is 0 Å². The Morgan fingerprint density at radius 1 is 1.04 bits per heavy atom. The van der Waals surface area contributed by atoms with Gasteiger partial charge in [0.15, 0.2) is 17.2 Å². The Labute approximate surface area is 156 Å². The summed E-state index contributed by atoms with van der Waals surface area (Å²) in [6, 6.07) is 10.7. The van der Waals surface area contributed by atoms with E-state index in [4.69, 9.17) is 5.73 Å². The zero-order chi connectivity index (χ0) is 20.0. The molecule has 9 heteroatoms. The number of nitrogens with two attached hydrogens (primary N) is 1. The minimum Gasteiger partial charge on any atom is -0.364 e. The quantitative estimate of drug-likeness (QED) is 0.588. The van der Waals surface area contributed by atoms with E-state index in [-0.39, 0.29) is 22.7 Å². The number of primary amides is 1. The number of amides is 1. The number of carbonyl (C=O) groups excluding carboxylic acids is 1. The van der Waals surface area contributed by atoms with Crippen molar-refractivity contribution in [2.75, 3.05) is 0 Å². The van der Waals surface area contributed by atoms with Crippen LogP contribution in [0.15, 0.2) is 53.3 Å². The monoisotopic (exact) mass is 381 g/mol. The van der Waals surface area contributed by atoms with Crippen LogP contribution >= 0.6 is 0 Å². The summed E-state index contributed by atoms with van der Waals surface area (Å²) in [5, 5.41) is 0. The van der Waals surface area contributed by atoms with Gasteiger partial charge in [0.25, 0.3) is 5.91 Å². The lowest BCUT2D eigenvalue weighted by molar-refractivity contribution is 0.0997. The van der Waals surface area contributed by atoms with Gasteiger partial charge in [-0.05, 0) is 36.4 Å². The van der Waals surface area contributed by atoms with Crippen molar-refractivity contribution in [3.05, 3.63) is 76.3 Å². The highest BCUT2D eigenvalue weighted by atomic mass is 19.1. The largest absolute Gasteiger partial charge is 0.364 e. The van der Waals surface area contributed by atoms with Gasteiger partial charge in [-0.15, -0.1) is 0 Å². The summed E-state index contributed by atoms with van der Waals surface area (Å²) in [7, 11) is 1.45. The number of halogens is 2. The second-order valence-electron chi connectivity index (χ2n) is 6.10. The first-order chi connectivity index (χ1) is 13.4. The van der Waals surface area contributed by atoms with Crippen molar-refractivity contribution in [2.24, 2.45) is 12.8 Å². The van der Waals surface area contributed by atoms with Crippen LogP contribution in [0.5, 0.6) is 0 Å². The summed E-state index contributed by atoms with van der Waals surface area (Å²) >= 11 is 0. The lowest BCUT2D eigenvalue weighted by atomic mass is 10.2. The maximum Gasteiger partial charge on any atom is 0.334 e. The summed E-state index contributed by atoms with van der Waals surface area (Å²) in [6.45, 7) is 0. The molecule has 0 unspecified atom stereocenters. The number of rotatable bonds is 3. The normalized spacial score (nSPS) is 11.1. The molecule has 2 heterocycles. The minimum atomic E-state index is -0.864. The standard InChI is InChI=1S/C19H13F2N5O2/c1-25-15-14(16(22)27)23-17(10-3-2-4-12(21)9-10)24-18(15)26(19(25)28)13-7-5-11(20)6-8-13/h2-9H,1H3,(H2,22,27). The molecule has 1 amide bonds. The second kappa shape index (κ2) is 6.38. The predicted octanol–water partition coefficient (Wildman–Crippen LogP) is 2.16. The maximum absolute atomic E-state index is 13.6. The van der Waals surface area contributed by atoms with Gasteiger partial charge in [0, 0.05) is 12.6 Å². The summed E-state index contributed by atoms with van der Waals surface area (Å²) < 4.78 is 29.3. The van der Waals surface area contributed by atoms with E-state index in [9.17, 15) is 18.4 Å². The molecule has 28 heavy (non-hydrogen) atoms. The van der Waals surface area contributed by atoms with Crippen LogP contribution in [0.2, 0.25) is 0 Å². The van der Waals surface area contributed by atoms with Crippen molar-refractivity contribution in [1.82, 2.24) is 19.1 Å². The predicted molar refractivity (Wildman–Crippen MR) is 98.0 cm³/mol. The molecular weight excluding hydrogens is 368 g/mol. The number of fused-ring (bicyclic) bond motifs is 1. The van der Waals surface area contributed by atoms with Crippen molar-refractivity contribution in [3.8, 4) is 17.1 Å². The smallest absolute Gasteiger partial charge is 0.334 e. The molecule has 7 nitrogen and oxygen atoms in total. The lowest BCUT2D eigenvalue weighted by Crippen LogP contribution is -2.21. The first kappa shape index (κ1) is 17.5. The van der Waals surface area contributed by atoms with Gasteiger partial charge in [-0.25, -0.2) is 28.1 Å². The molecule has 4 rings (SSSR count). The Balaban J connectivity index is 2.11. The molecule has 2 aromatic carbocycles. The molecule has 0 aliphatic carbocycles. The van der Waals surface area contributed by atoms with Crippen molar-refractivity contribution in [1.29, 1.82) is 0 Å². The third-order valence-electron chi connectivity index (χ3n) is 4.29. The number of carbonyl (C=O) groups is 1. The summed E-state index contributed by atoms with van der Waals surface area (Å²) in [5.41, 5.74) is 5.65. The Kier molecular flexibility index (Phi) is 3.99. The SMILES string of the molecule is Cn1c(=O)n(-c2ccc(F)cc2)c2nc(-c3cccc(F)c3)nc(C(N)=O)c21. The molecular formula is C19H13F2N5O2. The van der Waals surface area contributed by atoms with Gasteiger partial charge >= 0.3 is 5.69 Å². The number of imidazole rings is 1. The fraction of sp³-hybridized carbons (Fsp3) is 0.0526. The topological polar surface area (TPSA) is 95.8 Å². The van der Waals surface area contributed by atoms with E-state index < -0.39 is 23.2 Å². The molecule has 2 aromatic heterocycles. The van der Waals surface area contributed by atoms with Gasteiger partial charge < -0.3 is 5.73 Å². The number of aromatic nitrogens is 4. The zero-order valence-electron chi connectivity index (χ0n) is 14.6. The van der Waals surface area contributed by atoms with Crippen molar-refractivity contribution in [2.45, 2.75) is 0 Å². The molecule has 0 aliphatic heterocycles. The Morgan fingerprint density at radius 3 is 2.39 bits per heavy atom. The number of benzene rings is 2. The van der Waals surface area contributed by atoms with E-state index >= 15 is 0 Å². The number of hydrogen-bond acceptors (Lipinski definition) is 4. The minimum absolute atomic E-state index is 0.0299. The number of aryl methyl sites for hydroxylation is 1. The Hall–Kier alpha value is -3.88. The average Bonchev–Trinajstić information content (AvgIpc) is 2.92. The van der Waals surface area contributed by atoms with Crippen LogP contribution in [0.3, 0.4) is 0 Å². The van der Waals surface area contributed by atoms with E-state index in [2.05, 4.69) is 9.97 Å². The fourth-order valence-corrected chi connectivity index (χ4v) is 3.00. The van der Waals surface area contributed by atoms with E-state index in [0.29, 0.717) is 11.3 Å². The molecule has 4 aromatic rings. The summed E-state index contributed by atoms with van der Waals surface area (Å²) in [5.74, 6) is -1.81. The number of hydrogen-bond donors (Lipinski definition) is 1. The molecule has 0 bridgehead atoms. The summed E-state index contributed by atoms with van der Waals surface area (Å²) in [4.78, 5) is 33.3. The molecule has 0 saturated carbocycles. The second-order valence-corrected chi connectivity index (χ2v) is 6.10. The first-order valence-corrected chi connectivity index (χ1v) is 8.18. The van der Waals surface area contributed by atoms with Gasteiger partial charge in [-0.2, -0.15) is 0 Å². The van der Waals surface area contributed by atoms with Crippen LogP contribution in [0.4, 0.5) is 8.78 Å². The molecule has 2 N–H and O–H groups in total. The van der Waals surface area contributed by atoms with Gasteiger partial charge in [0.1, 0.15) is 17.2 Å². The molecule has 0 radical (unpaired) electrons. The van der Waals surface area contributed by atoms with Gasteiger partial charge in [-0.3, -0.25) is 9.36 Å². The lowest BCUT2D eigenvalue weighted by Gasteiger charge is -2.07. The van der Waals surface area contributed by atoms with Crippen LogP contribution in [-0.4, -0.2) is 25.0 Å². The van der Waals surface area contributed by atoms with Crippen LogP contribution in [0.1, 0.15) is 10.5 Å². The molecule has 0 saturated heterocycles. The summed E-state index contributed by atoms with van der Waals surface area (Å²) in [6.07, 6.45) is 0. The van der Waals surface area contributed by atoms with E-state index in [1.165, 1.54) is 58.6 Å². The van der Waals surface area contributed by atoms with E-state index in [0.717, 1.165) is 0 Å². The zero-order valence-corrected chi connectivity index (χ0v) is 14.6. The van der Waals surface area contributed by atoms with Crippen LogP contribution in [0, 0.1) is 11.6 Å². The van der Waals surface area contributed by atoms with E-state index in [1.54, 1.807) is 6.07 Å². The Bertz CT molecular complexity index is 1290. The third-order valence-corrected chi connectivity index (χ3v) is 4.29. The average molecular weight is 381 g/mol. The molecule has 140 valence electrons. The molecule has 0 fully saturated rings. The third kappa shape index (κ3) is 2.73. The molecule has 0 atom stereocenters. The Morgan fingerprint density at radius 2 is 1.75 bits per heavy atom. The number of nitrogens with zero attached hydrogens (tertiary/aromatic N) is 4. The highest BCUT2D eigenvalue weighted by Crippen LogP contribution is 2.23. The molecule has 0 aliphatic rings. The van der Waals surface area contributed by atoms with Crippen LogP contribution in [0.25, 0.3) is 28.2 Å². The first-order valence-electron chi connectivity index (χ1n) is 8.18. The van der Waals surface area contributed by atoms with Gasteiger partial charge in [0.05, 0.1) is 5.69 Å². The van der Waals surface area contributed by atoms with Crippen LogP contribution in [-0.2, 0) is 7.05 Å². The fourth-order valence-electron chi connectivity index (χ4n) is 3.00.